The fourth-order valence-corrected chi connectivity index (χ4v) is 3.65. The molecule has 0 aliphatic carbocycles. The molecule has 0 radical (unpaired) electrons. The molecule has 3 rings (SSSR count). The average molecular weight is 491 g/mol. The van der Waals surface area contributed by atoms with E-state index in [0.29, 0.717) is 11.4 Å². The van der Waals surface area contributed by atoms with Crippen molar-refractivity contribution in [2.75, 3.05) is 10.2 Å². The minimum absolute atomic E-state index is 0.0396. The summed E-state index contributed by atoms with van der Waals surface area (Å²) in [6, 6.07) is 16.9. The number of para-hydroxylation sites is 1. The van der Waals surface area contributed by atoms with E-state index in [1.165, 1.54) is 18.2 Å². The maximum Gasteiger partial charge on any atom is 0.248 e. The van der Waals surface area contributed by atoms with Crippen LogP contribution < -0.4 is 15.5 Å². The van der Waals surface area contributed by atoms with Crippen molar-refractivity contribution in [3.8, 4) is 0 Å². The number of aryl methyl sites for hydroxylation is 1. The number of halogens is 1. The number of aromatic nitrogens is 1. The molecule has 3 aromatic rings. The van der Waals surface area contributed by atoms with Crippen LogP contribution >= 0.6 is 0 Å². The quantitative estimate of drug-likeness (QED) is 0.468. The number of rotatable bonds is 8. The summed E-state index contributed by atoms with van der Waals surface area (Å²) in [5, 5.41) is 5.55. The Balaban J connectivity index is 1.96. The molecule has 2 N–H and O–H groups in total. The Hall–Kier alpha value is -4.07. The van der Waals surface area contributed by atoms with E-state index in [1.807, 2.05) is 39.8 Å². The Labute approximate surface area is 210 Å². The van der Waals surface area contributed by atoms with Gasteiger partial charge in [0.05, 0.1) is 5.69 Å². The minimum atomic E-state index is -1.15. The summed E-state index contributed by atoms with van der Waals surface area (Å²) >= 11 is 0. The van der Waals surface area contributed by atoms with Crippen molar-refractivity contribution in [1.29, 1.82) is 0 Å². The van der Waals surface area contributed by atoms with Crippen LogP contribution in [-0.4, -0.2) is 28.2 Å². The first-order valence-corrected chi connectivity index (χ1v) is 11.7. The van der Waals surface area contributed by atoms with Crippen LogP contribution in [0.2, 0.25) is 0 Å². The van der Waals surface area contributed by atoms with Crippen molar-refractivity contribution in [2.24, 2.45) is 0 Å². The van der Waals surface area contributed by atoms with Crippen LogP contribution in [0, 0.1) is 12.7 Å². The third-order valence-electron chi connectivity index (χ3n) is 5.28. The molecule has 1 aromatic heterocycles. The smallest absolute Gasteiger partial charge is 0.248 e. The van der Waals surface area contributed by atoms with Crippen LogP contribution in [0.5, 0.6) is 0 Å². The Morgan fingerprint density at radius 1 is 0.944 bits per heavy atom. The maximum absolute atomic E-state index is 15.0. The Morgan fingerprint density at radius 2 is 1.61 bits per heavy atom. The summed E-state index contributed by atoms with van der Waals surface area (Å²) in [6.07, 6.45) is 1.14. The molecule has 0 bridgehead atoms. The van der Waals surface area contributed by atoms with Gasteiger partial charge in [-0.05, 0) is 57.5 Å². The highest BCUT2D eigenvalue weighted by Crippen LogP contribution is 2.31. The predicted molar refractivity (Wildman–Crippen MR) is 138 cm³/mol. The van der Waals surface area contributed by atoms with E-state index in [4.69, 9.17) is 0 Å². The third kappa shape index (κ3) is 7.21. The third-order valence-corrected chi connectivity index (χ3v) is 5.28. The maximum atomic E-state index is 15.0. The summed E-state index contributed by atoms with van der Waals surface area (Å²) in [4.78, 5) is 44.8. The molecule has 8 heteroatoms. The molecule has 0 fully saturated rings. The molecule has 0 spiro atoms. The molecule has 2 aromatic carbocycles. The monoisotopic (exact) mass is 490 g/mol. The van der Waals surface area contributed by atoms with Gasteiger partial charge in [0.2, 0.25) is 17.7 Å². The SMILES string of the molecule is Cc1ccc([C@@H](C(=O)NC(C)(C)C)N(C(=O)CCC(=O)Nc2ccccn2)c2ccccc2F)cc1. The zero-order valence-electron chi connectivity index (χ0n) is 20.9. The Morgan fingerprint density at radius 3 is 2.22 bits per heavy atom. The second kappa shape index (κ2) is 11.6. The van der Waals surface area contributed by atoms with E-state index < -0.39 is 35.1 Å². The van der Waals surface area contributed by atoms with Gasteiger partial charge in [-0.15, -0.1) is 0 Å². The van der Waals surface area contributed by atoms with Crippen molar-refractivity contribution in [3.05, 3.63) is 89.9 Å². The summed E-state index contributed by atoms with van der Waals surface area (Å²) in [7, 11) is 0. The van der Waals surface area contributed by atoms with Gasteiger partial charge >= 0.3 is 0 Å². The first kappa shape index (κ1) is 26.5. The van der Waals surface area contributed by atoms with E-state index in [1.54, 1.807) is 42.6 Å². The average Bonchev–Trinajstić information content (AvgIpc) is 2.82. The standard InChI is InChI=1S/C28H31FN4O3/c1-19-12-14-20(15-13-19)26(27(36)32-28(2,3)4)33(22-10-6-5-9-21(22)29)25(35)17-16-24(34)31-23-11-7-8-18-30-23/h5-15,18,26H,16-17H2,1-4H3,(H,32,36)(H,30,31,34)/t26-/m0/s1. The van der Waals surface area contributed by atoms with Gasteiger partial charge in [0.25, 0.3) is 0 Å². The topological polar surface area (TPSA) is 91.4 Å². The van der Waals surface area contributed by atoms with Crippen LogP contribution in [0.4, 0.5) is 15.9 Å². The van der Waals surface area contributed by atoms with Crippen molar-refractivity contribution in [1.82, 2.24) is 10.3 Å². The van der Waals surface area contributed by atoms with Crippen LogP contribution in [-0.2, 0) is 14.4 Å². The number of hydrogen-bond donors (Lipinski definition) is 2. The molecular formula is C28H31FN4O3. The molecule has 1 heterocycles. The molecule has 1 atom stereocenters. The molecule has 0 unspecified atom stereocenters. The molecule has 7 nitrogen and oxygen atoms in total. The van der Waals surface area contributed by atoms with Gasteiger partial charge in [-0.25, -0.2) is 9.37 Å². The molecule has 0 saturated heterocycles. The minimum Gasteiger partial charge on any atom is -0.349 e. The van der Waals surface area contributed by atoms with Crippen molar-refractivity contribution >= 4 is 29.2 Å². The number of hydrogen-bond acceptors (Lipinski definition) is 4. The molecule has 0 aliphatic rings. The second-order valence-corrected chi connectivity index (χ2v) is 9.53. The van der Waals surface area contributed by atoms with Gasteiger partial charge in [-0.2, -0.15) is 0 Å². The summed E-state index contributed by atoms with van der Waals surface area (Å²) in [5.74, 6) is -1.72. The van der Waals surface area contributed by atoms with Gasteiger partial charge in [0, 0.05) is 24.6 Å². The molecule has 188 valence electrons. The molecule has 0 aliphatic heterocycles. The van der Waals surface area contributed by atoms with E-state index in [9.17, 15) is 14.4 Å². The lowest BCUT2D eigenvalue weighted by atomic mass is 9.99. The fraction of sp³-hybridized carbons (Fsp3) is 0.286. The van der Waals surface area contributed by atoms with Gasteiger partial charge in [-0.3, -0.25) is 19.3 Å². The summed E-state index contributed by atoms with van der Waals surface area (Å²) in [6.45, 7) is 7.39. The number of carbonyl (C=O) groups is 3. The summed E-state index contributed by atoms with van der Waals surface area (Å²) in [5.41, 5.74) is 0.870. The van der Waals surface area contributed by atoms with Crippen LogP contribution in [0.1, 0.15) is 50.8 Å². The zero-order valence-corrected chi connectivity index (χ0v) is 20.9. The zero-order chi connectivity index (χ0) is 26.3. The van der Waals surface area contributed by atoms with Gasteiger partial charge in [0.1, 0.15) is 17.7 Å². The lowest BCUT2D eigenvalue weighted by molar-refractivity contribution is -0.128. The molecule has 0 saturated carbocycles. The van der Waals surface area contributed by atoms with Crippen LogP contribution in [0.3, 0.4) is 0 Å². The second-order valence-electron chi connectivity index (χ2n) is 9.53. The predicted octanol–water partition coefficient (Wildman–Crippen LogP) is 4.94. The highest BCUT2D eigenvalue weighted by atomic mass is 19.1. The lowest BCUT2D eigenvalue weighted by Gasteiger charge is -2.34. The van der Waals surface area contributed by atoms with Crippen molar-refractivity contribution in [2.45, 2.75) is 52.1 Å². The van der Waals surface area contributed by atoms with Crippen molar-refractivity contribution < 1.29 is 18.8 Å². The van der Waals surface area contributed by atoms with E-state index in [2.05, 4.69) is 15.6 Å². The van der Waals surface area contributed by atoms with E-state index in [0.717, 1.165) is 10.5 Å². The largest absolute Gasteiger partial charge is 0.349 e. The van der Waals surface area contributed by atoms with E-state index >= 15 is 4.39 Å². The lowest BCUT2D eigenvalue weighted by Crippen LogP contribution is -2.49. The first-order valence-electron chi connectivity index (χ1n) is 11.7. The highest BCUT2D eigenvalue weighted by Gasteiger charge is 2.35. The molecule has 3 amide bonds. The van der Waals surface area contributed by atoms with Gasteiger partial charge in [0.15, 0.2) is 0 Å². The number of benzene rings is 2. The summed E-state index contributed by atoms with van der Waals surface area (Å²) < 4.78 is 15.0. The van der Waals surface area contributed by atoms with Gasteiger partial charge < -0.3 is 10.6 Å². The number of anilines is 2. The number of nitrogens with zero attached hydrogens (tertiary/aromatic N) is 2. The Bertz CT molecular complexity index is 1210. The number of amides is 3. The fourth-order valence-electron chi connectivity index (χ4n) is 3.65. The first-order chi connectivity index (χ1) is 17.0. The van der Waals surface area contributed by atoms with Gasteiger partial charge in [-0.1, -0.05) is 48.0 Å². The highest BCUT2D eigenvalue weighted by molar-refractivity contribution is 6.03. The number of nitrogens with one attached hydrogen (secondary N) is 2. The van der Waals surface area contributed by atoms with Crippen molar-refractivity contribution in [3.63, 3.8) is 0 Å². The molecule has 36 heavy (non-hydrogen) atoms. The number of carbonyl (C=O) groups excluding carboxylic acids is 3. The normalized spacial score (nSPS) is 11.9. The van der Waals surface area contributed by atoms with E-state index in [-0.39, 0.29) is 18.5 Å². The molecular weight excluding hydrogens is 459 g/mol. The number of pyridine rings is 1. The Kier molecular flexibility index (Phi) is 8.53. The van der Waals surface area contributed by atoms with Crippen LogP contribution in [0.15, 0.2) is 72.9 Å². The van der Waals surface area contributed by atoms with Crippen LogP contribution in [0.25, 0.3) is 0 Å².